The summed E-state index contributed by atoms with van der Waals surface area (Å²) in [4.78, 5) is 25.0. The highest BCUT2D eigenvalue weighted by Crippen LogP contribution is 2.29. The number of fused-ring (bicyclic) bond motifs is 2. The normalized spacial score (nSPS) is 15.5. The molecule has 4 nitrogen and oxygen atoms in total. The minimum absolute atomic E-state index is 0.234. The summed E-state index contributed by atoms with van der Waals surface area (Å²) < 4.78 is 10.1. The Morgan fingerprint density at radius 3 is 2.17 bits per heavy atom. The van der Waals surface area contributed by atoms with Crippen molar-refractivity contribution in [3.63, 3.8) is 0 Å². The Balaban J connectivity index is 1.63. The molecule has 4 heteroatoms. The number of rotatable bonds is 6. The number of aryl methyl sites for hydroxylation is 4. The Hall–Kier alpha value is -2.62. The van der Waals surface area contributed by atoms with Crippen LogP contribution in [0.15, 0.2) is 30.3 Å². The molecule has 0 fully saturated rings. The van der Waals surface area contributed by atoms with Gasteiger partial charge in [0.15, 0.2) is 0 Å². The predicted octanol–water partition coefficient (Wildman–Crippen LogP) is 4.03. The number of methoxy groups -OCH3 is 2. The van der Waals surface area contributed by atoms with Gasteiger partial charge in [0.1, 0.15) is 0 Å². The van der Waals surface area contributed by atoms with Gasteiger partial charge in [-0.25, -0.2) is 4.79 Å². The molecule has 0 radical (unpaired) electrons. The number of hydrogen-bond donors (Lipinski definition) is 0. The van der Waals surface area contributed by atoms with Crippen molar-refractivity contribution in [2.24, 2.45) is 5.92 Å². The van der Waals surface area contributed by atoms with E-state index < -0.39 is 0 Å². The third-order valence-corrected chi connectivity index (χ3v) is 6.37. The molecule has 0 amide bonds. The molecule has 2 aromatic rings. The molecule has 2 aliphatic rings. The standard InChI is InChI=1S/C25H28O4/c1-28-24(26)22(12-16-9-10-17-5-3-6-18(17)11-16)14-21-13-19-7-4-8-20(19)15-23(21)25(27)29-2/h9-11,13,15,22H,3-8,12,14H2,1-2H3. The SMILES string of the molecule is COC(=O)c1cc2c(cc1CC(Cc1ccc3c(c1)CCC3)C(=O)OC)CCC2. The molecule has 152 valence electrons. The largest absolute Gasteiger partial charge is 0.469 e. The van der Waals surface area contributed by atoms with Gasteiger partial charge in [-0.1, -0.05) is 24.3 Å². The second-order valence-corrected chi connectivity index (χ2v) is 8.21. The molecule has 29 heavy (non-hydrogen) atoms. The maximum Gasteiger partial charge on any atom is 0.338 e. The van der Waals surface area contributed by atoms with Crippen molar-refractivity contribution < 1.29 is 19.1 Å². The van der Waals surface area contributed by atoms with Gasteiger partial charge in [0.2, 0.25) is 0 Å². The molecule has 4 rings (SSSR count). The molecule has 0 saturated carbocycles. The molecule has 1 atom stereocenters. The zero-order valence-corrected chi connectivity index (χ0v) is 17.3. The van der Waals surface area contributed by atoms with Crippen LogP contribution in [0.25, 0.3) is 0 Å². The van der Waals surface area contributed by atoms with E-state index in [-0.39, 0.29) is 17.9 Å². The molecule has 0 saturated heterocycles. The monoisotopic (exact) mass is 392 g/mol. The molecule has 0 N–H and O–H groups in total. The van der Waals surface area contributed by atoms with Crippen LogP contribution in [0.1, 0.15) is 56.6 Å². The van der Waals surface area contributed by atoms with E-state index in [4.69, 9.17) is 9.47 Å². The lowest BCUT2D eigenvalue weighted by Crippen LogP contribution is -2.23. The van der Waals surface area contributed by atoms with E-state index in [0.29, 0.717) is 18.4 Å². The van der Waals surface area contributed by atoms with Crippen molar-refractivity contribution in [1.82, 2.24) is 0 Å². The summed E-state index contributed by atoms with van der Waals surface area (Å²) in [5, 5.41) is 0. The average molecular weight is 392 g/mol. The highest BCUT2D eigenvalue weighted by atomic mass is 16.5. The molecule has 2 aromatic carbocycles. The first-order valence-corrected chi connectivity index (χ1v) is 10.5. The van der Waals surface area contributed by atoms with Crippen LogP contribution in [0.4, 0.5) is 0 Å². The number of hydrogen-bond acceptors (Lipinski definition) is 4. The van der Waals surface area contributed by atoms with Gasteiger partial charge >= 0.3 is 11.9 Å². The Bertz CT molecular complexity index is 944. The van der Waals surface area contributed by atoms with Crippen LogP contribution in [0.2, 0.25) is 0 Å². The Labute approximate surface area is 172 Å². The first-order valence-electron chi connectivity index (χ1n) is 10.5. The predicted molar refractivity (Wildman–Crippen MR) is 111 cm³/mol. The zero-order valence-electron chi connectivity index (χ0n) is 17.3. The van der Waals surface area contributed by atoms with Crippen molar-refractivity contribution in [2.75, 3.05) is 14.2 Å². The van der Waals surface area contributed by atoms with Crippen LogP contribution in [0.3, 0.4) is 0 Å². The average Bonchev–Trinajstić information content (AvgIpc) is 3.39. The smallest absolute Gasteiger partial charge is 0.338 e. The van der Waals surface area contributed by atoms with Crippen molar-refractivity contribution in [3.8, 4) is 0 Å². The minimum Gasteiger partial charge on any atom is -0.469 e. The van der Waals surface area contributed by atoms with Crippen LogP contribution < -0.4 is 0 Å². The first kappa shape index (κ1) is 19.7. The van der Waals surface area contributed by atoms with E-state index in [1.807, 2.05) is 6.07 Å². The Morgan fingerprint density at radius 1 is 0.828 bits per heavy atom. The van der Waals surface area contributed by atoms with E-state index in [1.54, 1.807) is 0 Å². The fourth-order valence-electron chi connectivity index (χ4n) is 4.85. The van der Waals surface area contributed by atoms with Crippen molar-refractivity contribution in [2.45, 2.75) is 51.4 Å². The van der Waals surface area contributed by atoms with E-state index in [0.717, 1.165) is 43.2 Å². The number of esters is 2. The number of benzene rings is 2. The lowest BCUT2D eigenvalue weighted by atomic mass is 9.88. The van der Waals surface area contributed by atoms with Crippen LogP contribution in [0.5, 0.6) is 0 Å². The first-order chi connectivity index (χ1) is 14.1. The van der Waals surface area contributed by atoms with Crippen LogP contribution in [-0.2, 0) is 52.8 Å². The van der Waals surface area contributed by atoms with Crippen molar-refractivity contribution >= 4 is 11.9 Å². The van der Waals surface area contributed by atoms with Gasteiger partial charge in [0.25, 0.3) is 0 Å². The van der Waals surface area contributed by atoms with Gasteiger partial charge in [0, 0.05) is 0 Å². The molecule has 0 bridgehead atoms. The van der Waals surface area contributed by atoms with Crippen molar-refractivity contribution in [1.29, 1.82) is 0 Å². The third kappa shape index (κ3) is 4.07. The maximum atomic E-state index is 12.6. The summed E-state index contributed by atoms with van der Waals surface area (Å²) in [5.41, 5.74) is 7.96. The molecule has 0 aromatic heterocycles. The summed E-state index contributed by atoms with van der Waals surface area (Å²) in [5.74, 6) is -0.903. The van der Waals surface area contributed by atoms with Gasteiger partial charge < -0.3 is 9.47 Å². The number of carbonyl (C=O) groups excluding carboxylic acids is 2. The topological polar surface area (TPSA) is 52.6 Å². The molecular formula is C25H28O4. The third-order valence-electron chi connectivity index (χ3n) is 6.37. The van der Waals surface area contributed by atoms with E-state index in [9.17, 15) is 9.59 Å². The summed E-state index contributed by atoms with van der Waals surface area (Å²) in [6.07, 6.45) is 7.68. The lowest BCUT2D eigenvalue weighted by molar-refractivity contribution is -0.145. The second-order valence-electron chi connectivity index (χ2n) is 8.21. The molecule has 0 aliphatic heterocycles. The van der Waals surface area contributed by atoms with Gasteiger partial charge in [-0.3, -0.25) is 4.79 Å². The molecular weight excluding hydrogens is 364 g/mol. The molecule has 0 heterocycles. The highest BCUT2D eigenvalue weighted by Gasteiger charge is 2.26. The van der Waals surface area contributed by atoms with E-state index in [1.165, 1.54) is 42.9 Å². The molecule has 1 unspecified atom stereocenters. The fourth-order valence-corrected chi connectivity index (χ4v) is 4.85. The minimum atomic E-state index is -0.337. The molecule has 0 spiro atoms. The Kier molecular flexibility index (Phi) is 5.70. The van der Waals surface area contributed by atoms with Gasteiger partial charge in [-0.05, 0) is 90.8 Å². The highest BCUT2D eigenvalue weighted by molar-refractivity contribution is 5.91. The van der Waals surface area contributed by atoms with E-state index in [2.05, 4.69) is 24.3 Å². The fraction of sp³-hybridized carbons (Fsp3) is 0.440. The zero-order chi connectivity index (χ0) is 20.4. The summed E-state index contributed by atoms with van der Waals surface area (Å²) in [6.45, 7) is 0. The van der Waals surface area contributed by atoms with Crippen LogP contribution >= 0.6 is 0 Å². The summed E-state index contributed by atoms with van der Waals surface area (Å²) in [6, 6.07) is 10.6. The quantitative estimate of drug-likeness (QED) is 0.697. The number of carbonyl (C=O) groups is 2. The van der Waals surface area contributed by atoms with E-state index >= 15 is 0 Å². The van der Waals surface area contributed by atoms with Crippen molar-refractivity contribution in [3.05, 3.63) is 69.3 Å². The maximum absolute atomic E-state index is 12.6. The summed E-state index contributed by atoms with van der Waals surface area (Å²) in [7, 11) is 2.84. The lowest BCUT2D eigenvalue weighted by Gasteiger charge is -2.18. The van der Waals surface area contributed by atoms with Crippen LogP contribution in [-0.4, -0.2) is 26.2 Å². The van der Waals surface area contributed by atoms with Gasteiger partial charge in [0.05, 0.1) is 25.7 Å². The molecule has 2 aliphatic carbocycles. The number of ether oxygens (including phenoxy) is 2. The van der Waals surface area contributed by atoms with Crippen LogP contribution in [0, 0.1) is 5.92 Å². The van der Waals surface area contributed by atoms with Gasteiger partial charge in [-0.2, -0.15) is 0 Å². The Morgan fingerprint density at radius 2 is 1.48 bits per heavy atom. The summed E-state index contributed by atoms with van der Waals surface area (Å²) >= 11 is 0. The van der Waals surface area contributed by atoms with Gasteiger partial charge in [-0.15, -0.1) is 0 Å². The second kappa shape index (κ2) is 8.40.